The quantitative estimate of drug-likeness (QED) is 0.842. The van der Waals surface area contributed by atoms with Crippen molar-refractivity contribution in [1.29, 1.82) is 0 Å². The van der Waals surface area contributed by atoms with Gasteiger partial charge in [0.1, 0.15) is 11.6 Å². The lowest BCUT2D eigenvalue weighted by Gasteiger charge is -2.05. The zero-order valence-electron chi connectivity index (χ0n) is 9.08. The van der Waals surface area contributed by atoms with Crippen LogP contribution in [0.3, 0.4) is 0 Å². The number of nitrogens with zero attached hydrogens (tertiary/aromatic N) is 2. The fourth-order valence-corrected chi connectivity index (χ4v) is 1.52. The molecule has 2 rings (SSSR count). The maximum Gasteiger partial charge on any atom is 0.434 e. The van der Waals surface area contributed by atoms with Crippen LogP contribution in [0.15, 0.2) is 30.5 Å². The van der Waals surface area contributed by atoms with Crippen molar-refractivity contribution in [3.8, 4) is 5.69 Å². The summed E-state index contributed by atoms with van der Waals surface area (Å²) in [7, 11) is 0. The van der Waals surface area contributed by atoms with E-state index in [2.05, 4.69) is 4.98 Å². The number of hydrogen-bond donors (Lipinski definition) is 1. The average Bonchev–Trinajstić information content (AvgIpc) is 2.73. The minimum absolute atomic E-state index is 0.0638. The van der Waals surface area contributed by atoms with Gasteiger partial charge in [-0.25, -0.2) is 9.37 Å². The monoisotopic (exact) mass is 259 g/mol. The number of nitrogens with two attached hydrogens (primary N) is 1. The van der Waals surface area contributed by atoms with E-state index in [1.54, 1.807) is 0 Å². The van der Waals surface area contributed by atoms with Gasteiger partial charge in [-0.2, -0.15) is 13.2 Å². The Morgan fingerprint density at radius 1 is 1.17 bits per heavy atom. The molecule has 0 spiro atoms. The molecule has 0 unspecified atom stereocenters. The van der Waals surface area contributed by atoms with Gasteiger partial charge in [0.25, 0.3) is 0 Å². The maximum atomic E-state index is 12.7. The number of aromatic nitrogens is 2. The predicted molar refractivity (Wildman–Crippen MR) is 56.4 cm³/mol. The fourth-order valence-electron chi connectivity index (χ4n) is 1.52. The summed E-state index contributed by atoms with van der Waals surface area (Å²) in [6.45, 7) is -0.145. The molecule has 0 aliphatic rings. The van der Waals surface area contributed by atoms with Gasteiger partial charge in [0.2, 0.25) is 0 Å². The van der Waals surface area contributed by atoms with E-state index >= 15 is 0 Å². The minimum Gasteiger partial charge on any atom is -0.324 e. The lowest BCUT2D eigenvalue weighted by molar-refractivity contribution is -0.141. The Labute approximate surface area is 99.9 Å². The van der Waals surface area contributed by atoms with Gasteiger partial charge >= 0.3 is 6.18 Å². The van der Waals surface area contributed by atoms with Crippen molar-refractivity contribution in [2.24, 2.45) is 5.73 Å². The molecular formula is C11H9F4N3. The smallest absolute Gasteiger partial charge is 0.324 e. The first-order valence-electron chi connectivity index (χ1n) is 5.03. The number of imidazole rings is 1. The highest BCUT2D eigenvalue weighted by Gasteiger charge is 2.34. The van der Waals surface area contributed by atoms with E-state index in [0.717, 1.165) is 18.3 Å². The minimum atomic E-state index is -4.53. The van der Waals surface area contributed by atoms with Crippen molar-refractivity contribution in [1.82, 2.24) is 9.55 Å². The predicted octanol–water partition coefficient (Wildman–Crippen LogP) is 2.49. The van der Waals surface area contributed by atoms with Crippen LogP contribution < -0.4 is 5.73 Å². The molecule has 0 saturated carbocycles. The van der Waals surface area contributed by atoms with Crippen molar-refractivity contribution in [2.45, 2.75) is 12.7 Å². The molecule has 3 nitrogen and oxygen atoms in total. The second kappa shape index (κ2) is 4.41. The van der Waals surface area contributed by atoms with E-state index < -0.39 is 17.7 Å². The van der Waals surface area contributed by atoms with Crippen LogP contribution in [0.5, 0.6) is 0 Å². The molecule has 0 aliphatic heterocycles. The summed E-state index contributed by atoms with van der Waals surface area (Å²) < 4.78 is 51.5. The molecule has 18 heavy (non-hydrogen) atoms. The summed E-state index contributed by atoms with van der Waals surface area (Å²) in [6, 6.07) is 5.03. The van der Waals surface area contributed by atoms with E-state index in [4.69, 9.17) is 5.73 Å². The van der Waals surface area contributed by atoms with Crippen molar-refractivity contribution in [3.63, 3.8) is 0 Å². The zero-order valence-corrected chi connectivity index (χ0v) is 9.08. The fraction of sp³-hybridized carbons (Fsp3) is 0.182. The molecule has 1 aromatic heterocycles. The molecule has 0 fully saturated rings. The van der Waals surface area contributed by atoms with Crippen LogP contribution >= 0.6 is 0 Å². The maximum absolute atomic E-state index is 12.7. The van der Waals surface area contributed by atoms with Gasteiger partial charge in [-0.3, -0.25) is 0 Å². The number of hydrogen-bond acceptors (Lipinski definition) is 2. The Balaban J connectivity index is 2.50. The highest BCUT2D eigenvalue weighted by atomic mass is 19.4. The summed E-state index contributed by atoms with van der Waals surface area (Å²) in [5.41, 5.74) is 4.70. The largest absolute Gasteiger partial charge is 0.434 e. The highest BCUT2D eigenvalue weighted by molar-refractivity contribution is 5.34. The van der Waals surface area contributed by atoms with E-state index in [1.807, 2.05) is 0 Å². The molecule has 7 heteroatoms. The molecule has 0 amide bonds. The zero-order chi connectivity index (χ0) is 13.3. The molecule has 2 aromatic rings. The molecule has 0 saturated heterocycles. The second-order valence-electron chi connectivity index (χ2n) is 3.59. The molecule has 1 aromatic carbocycles. The highest BCUT2D eigenvalue weighted by Crippen LogP contribution is 2.29. The molecule has 0 bridgehead atoms. The first-order valence-corrected chi connectivity index (χ1v) is 5.03. The van der Waals surface area contributed by atoms with Crippen molar-refractivity contribution in [3.05, 3.63) is 47.8 Å². The van der Waals surface area contributed by atoms with Crippen molar-refractivity contribution < 1.29 is 17.6 Å². The summed E-state index contributed by atoms with van der Waals surface area (Å²) in [5, 5.41) is 0. The van der Waals surface area contributed by atoms with Gasteiger partial charge in [-0.05, 0) is 24.3 Å². The summed E-state index contributed by atoms with van der Waals surface area (Å²) in [5.74, 6) is -0.404. The van der Waals surface area contributed by atoms with Crippen molar-refractivity contribution >= 4 is 0 Å². The third-order valence-electron chi connectivity index (χ3n) is 2.36. The van der Waals surface area contributed by atoms with E-state index in [-0.39, 0.29) is 12.4 Å². The summed E-state index contributed by atoms with van der Waals surface area (Å²) in [4.78, 5) is 3.42. The molecular weight excluding hydrogens is 250 g/mol. The van der Waals surface area contributed by atoms with Crippen LogP contribution in [0, 0.1) is 5.82 Å². The Morgan fingerprint density at radius 2 is 1.78 bits per heavy atom. The Kier molecular flexibility index (Phi) is 3.08. The molecule has 1 heterocycles. The lowest BCUT2D eigenvalue weighted by atomic mass is 10.3. The Bertz CT molecular complexity index is 542. The van der Waals surface area contributed by atoms with Crippen LogP contribution in [0.1, 0.15) is 11.5 Å². The van der Waals surface area contributed by atoms with Crippen LogP contribution in [-0.2, 0) is 12.7 Å². The van der Waals surface area contributed by atoms with E-state index in [0.29, 0.717) is 5.69 Å². The number of rotatable bonds is 2. The van der Waals surface area contributed by atoms with E-state index in [9.17, 15) is 17.6 Å². The standard InChI is InChI=1S/C11H9F4N3/c12-7-1-3-8(4-2-7)18-6-9(11(13,14)15)17-10(18)5-16/h1-4,6H,5,16H2. The number of benzene rings is 1. The van der Waals surface area contributed by atoms with E-state index in [1.165, 1.54) is 16.7 Å². The molecule has 96 valence electrons. The first kappa shape index (κ1) is 12.6. The van der Waals surface area contributed by atoms with Gasteiger partial charge in [0, 0.05) is 11.9 Å². The van der Waals surface area contributed by atoms with Gasteiger partial charge in [-0.1, -0.05) is 0 Å². The third-order valence-corrected chi connectivity index (χ3v) is 2.36. The second-order valence-corrected chi connectivity index (χ2v) is 3.59. The summed E-state index contributed by atoms with van der Waals surface area (Å²) >= 11 is 0. The lowest BCUT2D eigenvalue weighted by Crippen LogP contribution is -2.07. The molecule has 2 N–H and O–H groups in total. The molecule has 0 aliphatic carbocycles. The third kappa shape index (κ3) is 2.35. The number of halogens is 4. The Hall–Kier alpha value is -1.89. The topological polar surface area (TPSA) is 43.8 Å². The Morgan fingerprint density at radius 3 is 2.28 bits per heavy atom. The van der Waals surface area contributed by atoms with Crippen LogP contribution in [0.2, 0.25) is 0 Å². The SMILES string of the molecule is NCc1nc(C(F)(F)F)cn1-c1ccc(F)cc1. The average molecular weight is 259 g/mol. The van der Waals surface area contributed by atoms with Crippen LogP contribution in [0.25, 0.3) is 5.69 Å². The normalized spacial score (nSPS) is 11.8. The van der Waals surface area contributed by atoms with Gasteiger partial charge in [0.05, 0.1) is 6.54 Å². The van der Waals surface area contributed by atoms with Crippen LogP contribution in [0.4, 0.5) is 17.6 Å². The van der Waals surface area contributed by atoms with Gasteiger partial charge < -0.3 is 10.3 Å². The molecule has 0 atom stereocenters. The first-order chi connectivity index (χ1) is 8.41. The van der Waals surface area contributed by atoms with Gasteiger partial charge in [-0.15, -0.1) is 0 Å². The number of alkyl halides is 3. The van der Waals surface area contributed by atoms with Crippen LogP contribution in [-0.4, -0.2) is 9.55 Å². The molecule has 0 radical (unpaired) electrons. The van der Waals surface area contributed by atoms with Gasteiger partial charge in [0.15, 0.2) is 5.69 Å². The van der Waals surface area contributed by atoms with Crippen molar-refractivity contribution in [2.75, 3.05) is 0 Å². The summed E-state index contributed by atoms with van der Waals surface area (Å²) in [6.07, 6.45) is -3.69.